The zero-order chi connectivity index (χ0) is 18.3. The molecular formula is C18H14ClF2N5. The quantitative estimate of drug-likeness (QED) is 0.656. The minimum Gasteiger partial charge on any atom is -0.363 e. The van der Waals surface area contributed by atoms with Gasteiger partial charge in [0.15, 0.2) is 17.5 Å². The summed E-state index contributed by atoms with van der Waals surface area (Å²) in [5.74, 6) is -0.993. The SMILES string of the molecule is C=C1c2nc(-c3ccnc(Cl)n3)cn2CCN1Cc1ccc(F)c(F)c1. The molecule has 3 aromatic rings. The molecule has 1 aromatic carbocycles. The lowest BCUT2D eigenvalue weighted by Crippen LogP contribution is -2.31. The summed E-state index contributed by atoms with van der Waals surface area (Å²) in [5.41, 5.74) is 2.70. The topological polar surface area (TPSA) is 46.8 Å². The Morgan fingerprint density at radius 3 is 2.69 bits per heavy atom. The van der Waals surface area contributed by atoms with Crippen molar-refractivity contribution in [3.63, 3.8) is 0 Å². The largest absolute Gasteiger partial charge is 0.363 e. The van der Waals surface area contributed by atoms with E-state index in [1.807, 2.05) is 15.7 Å². The summed E-state index contributed by atoms with van der Waals surface area (Å²) >= 11 is 5.85. The van der Waals surface area contributed by atoms with Gasteiger partial charge >= 0.3 is 0 Å². The second-order valence-corrected chi connectivity index (χ2v) is 6.31. The number of hydrogen-bond acceptors (Lipinski definition) is 4. The Kier molecular flexibility index (Phi) is 4.16. The maximum absolute atomic E-state index is 13.4. The Hall–Kier alpha value is -2.80. The van der Waals surface area contributed by atoms with Crippen molar-refractivity contribution in [1.29, 1.82) is 0 Å². The molecule has 0 aliphatic carbocycles. The maximum Gasteiger partial charge on any atom is 0.222 e. The van der Waals surface area contributed by atoms with Crippen LogP contribution < -0.4 is 0 Å². The van der Waals surface area contributed by atoms with Crippen molar-refractivity contribution in [3.05, 3.63) is 71.5 Å². The second-order valence-electron chi connectivity index (χ2n) is 5.97. The predicted molar refractivity (Wildman–Crippen MR) is 94.1 cm³/mol. The minimum absolute atomic E-state index is 0.160. The van der Waals surface area contributed by atoms with Gasteiger partial charge in [-0.1, -0.05) is 12.6 Å². The van der Waals surface area contributed by atoms with Crippen LogP contribution in [0.3, 0.4) is 0 Å². The van der Waals surface area contributed by atoms with Crippen LogP contribution in [-0.2, 0) is 13.1 Å². The molecule has 0 bridgehead atoms. The number of nitrogens with zero attached hydrogens (tertiary/aromatic N) is 5. The van der Waals surface area contributed by atoms with Crippen molar-refractivity contribution in [2.75, 3.05) is 6.54 Å². The van der Waals surface area contributed by atoms with Crippen LogP contribution in [0, 0.1) is 11.6 Å². The highest BCUT2D eigenvalue weighted by atomic mass is 35.5. The minimum atomic E-state index is -0.852. The van der Waals surface area contributed by atoms with Crippen LogP contribution in [0.1, 0.15) is 11.4 Å². The van der Waals surface area contributed by atoms with Gasteiger partial charge in [-0.15, -0.1) is 0 Å². The van der Waals surface area contributed by atoms with E-state index in [0.29, 0.717) is 48.1 Å². The molecule has 0 amide bonds. The molecule has 26 heavy (non-hydrogen) atoms. The van der Waals surface area contributed by atoms with Gasteiger partial charge in [0.25, 0.3) is 0 Å². The van der Waals surface area contributed by atoms with Crippen LogP contribution in [0.15, 0.2) is 43.2 Å². The first-order chi connectivity index (χ1) is 12.5. The first-order valence-electron chi connectivity index (χ1n) is 7.95. The van der Waals surface area contributed by atoms with E-state index in [1.54, 1.807) is 18.3 Å². The highest BCUT2D eigenvalue weighted by molar-refractivity contribution is 6.28. The highest BCUT2D eigenvalue weighted by Crippen LogP contribution is 2.27. The number of hydrogen-bond donors (Lipinski definition) is 0. The van der Waals surface area contributed by atoms with Crippen LogP contribution in [0.2, 0.25) is 5.28 Å². The molecule has 1 aliphatic heterocycles. The molecule has 1 aliphatic rings. The van der Waals surface area contributed by atoms with E-state index in [1.165, 1.54) is 6.07 Å². The van der Waals surface area contributed by atoms with Crippen molar-refractivity contribution in [3.8, 4) is 11.4 Å². The van der Waals surface area contributed by atoms with Crippen LogP contribution in [0.4, 0.5) is 8.78 Å². The van der Waals surface area contributed by atoms with Gasteiger partial charge in [0, 0.05) is 32.0 Å². The monoisotopic (exact) mass is 373 g/mol. The lowest BCUT2D eigenvalue weighted by molar-refractivity contribution is 0.341. The fourth-order valence-electron chi connectivity index (χ4n) is 2.96. The third-order valence-electron chi connectivity index (χ3n) is 4.27. The third kappa shape index (κ3) is 3.06. The molecule has 4 rings (SSSR count). The van der Waals surface area contributed by atoms with E-state index in [9.17, 15) is 8.78 Å². The lowest BCUT2D eigenvalue weighted by atomic mass is 10.1. The standard InChI is InChI=1S/C18H14ClF2N5/c1-11-17-23-16(15-4-5-22-18(19)24-15)10-26(17)7-6-25(11)9-12-2-3-13(20)14(21)8-12/h2-5,8,10H,1,6-7,9H2. The van der Waals surface area contributed by atoms with Crippen molar-refractivity contribution in [2.45, 2.75) is 13.1 Å². The highest BCUT2D eigenvalue weighted by Gasteiger charge is 2.23. The molecule has 5 nitrogen and oxygen atoms in total. The third-order valence-corrected chi connectivity index (χ3v) is 4.46. The van der Waals surface area contributed by atoms with Gasteiger partial charge < -0.3 is 9.47 Å². The summed E-state index contributed by atoms with van der Waals surface area (Å²) in [6.07, 6.45) is 3.47. The normalized spacial score (nSPS) is 13.8. The van der Waals surface area contributed by atoms with Gasteiger partial charge in [-0.2, -0.15) is 0 Å². The Balaban J connectivity index is 1.59. The van der Waals surface area contributed by atoms with E-state index in [-0.39, 0.29) is 5.28 Å². The van der Waals surface area contributed by atoms with Gasteiger partial charge in [0.1, 0.15) is 5.69 Å². The smallest absolute Gasteiger partial charge is 0.222 e. The zero-order valence-corrected chi connectivity index (χ0v) is 14.4. The molecule has 0 atom stereocenters. The Bertz CT molecular complexity index is 1000. The van der Waals surface area contributed by atoms with Crippen molar-refractivity contribution >= 4 is 17.3 Å². The first kappa shape index (κ1) is 16.7. The molecule has 0 radical (unpaired) electrons. The summed E-state index contributed by atoms with van der Waals surface area (Å²) in [7, 11) is 0. The lowest BCUT2D eigenvalue weighted by Gasteiger charge is -2.31. The van der Waals surface area contributed by atoms with E-state index in [4.69, 9.17) is 11.6 Å². The summed E-state index contributed by atoms with van der Waals surface area (Å²) in [6.45, 7) is 5.93. The number of halogens is 3. The zero-order valence-electron chi connectivity index (χ0n) is 13.7. The van der Waals surface area contributed by atoms with E-state index < -0.39 is 11.6 Å². The first-order valence-corrected chi connectivity index (χ1v) is 8.33. The summed E-state index contributed by atoms with van der Waals surface area (Å²) in [6, 6.07) is 5.65. The van der Waals surface area contributed by atoms with Gasteiger partial charge in [-0.25, -0.2) is 23.7 Å². The molecule has 8 heteroatoms. The second kappa shape index (κ2) is 6.49. The van der Waals surface area contributed by atoms with Crippen LogP contribution in [0.25, 0.3) is 17.1 Å². The average molecular weight is 374 g/mol. The van der Waals surface area contributed by atoms with E-state index in [0.717, 1.165) is 6.07 Å². The van der Waals surface area contributed by atoms with Gasteiger partial charge in [-0.05, 0) is 35.4 Å². The van der Waals surface area contributed by atoms with E-state index >= 15 is 0 Å². The molecule has 2 aromatic heterocycles. The number of imidazole rings is 1. The molecule has 0 N–H and O–H groups in total. The van der Waals surface area contributed by atoms with Gasteiger partial charge in [-0.3, -0.25) is 0 Å². The predicted octanol–water partition coefficient (Wildman–Crippen LogP) is 3.76. The van der Waals surface area contributed by atoms with Crippen molar-refractivity contribution in [2.24, 2.45) is 0 Å². The molecule has 0 fully saturated rings. The van der Waals surface area contributed by atoms with Crippen molar-refractivity contribution in [1.82, 2.24) is 24.4 Å². The van der Waals surface area contributed by atoms with Gasteiger partial charge in [0.05, 0.1) is 11.4 Å². The number of rotatable bonds is 3. The van der Waals surface area contributed by atoms with Crippen LogP contribution >= 0.6 is 11.6 Å². The molecule has 3 heterocycles. The summed E-state index contributed by atoms with van der Waals surface area (Å²) < 4.78 is 28.5. The molecule has 0 saturated heterocycles. The number of benzene rings is 1. The average Bonchev–Trinajstić information content (AvgIpc) is 3.06. The number of aromatic nitrogens is 4. The fourth-order valence-corrected chi connectivity index (χ4v) is 3.10. The maximum atomic E-state index is 13.4. The molecule has 0 unspecified atom stereocenters. The summed E-state index contributed by atoms with van der Waals surface area (Å²) in [4.78, 5) is 14.6. The molecule has 0 saturated carbocycles. The van der Waals surface area contributed by atoms with Gasteiger partial charge in [0.2, 0.25) is 5.28 Å². The van der Waals surface area contributed by atoms with Crippen LogP contribution in [0.5, 0.6) is 0 Å². The van der Waals surface area contributed by atoms with Crippen LogP contribution in [-0.4, -0.2) is 31.0 Å². The van der Waals surface area contributed by atoms with Crippen molar-refractivity contribution < 1.29 is 8.78 Å². The molecular weight excluding hydrogens is 360 g/mol. The molecule has 0 spiro atoms. The Morgan fingerprint density at radius 1 is 1.08 bits per heavy atom. The molecule has 132 valence electrons. The summed E-state index contributed by atoms with van der Waals surface area (Å²) in [5, 5.41) is 0.160. The Morgan fingerprint density at radius 2 is 1.92 bits per heavy atom. The number of fused-ring (bicyclic) bond motifs is 1. The Labute approximate surface area is 153 Å². The fraction of sp³-hybridized carbons (Fsp3) is 0.167. The van der Waals surface area contributed by atoms with E-state index in [2.05, 4.69) is 21.5 Å².